The third-order valence-electron chi connectivity index (χ3n) is 4.10. The molecule has 0 saturated carbocycles. The third-order valence-corrected chi connectivity index (χ3v) is 4.10. The summed E-state index contributed by atoms with van der Waals surface area (Å²) in [6, 6.07) is -0.235. The van der Waals surface area contributed by atoms with Crippen molar-refractivity contribution in [3.8, 4) is 0 Å². The molecule has 3 atom stereocenters. The van der Waals surface area contributed by atoms with Gasteiger partial charge in [0.1, 0.15) is 6.54 Å². The molecule has 8 heteroatoms. The van der Waals surface area contributed by atoms with Crippen LogP contribution in [0.3, 0.4) is 0 Å². The molecule has 0 aromatic carbocycles. The fraction of sp³-hybridized carbons (Fsp3) is 0.733. The Morgan fingerprint density at radius 3 is 2.35 bits per heavy atom. The SMILES string of the molecule is Cc1nn(CC(F)(F)F)c(C)c1C(C)C(=O)NC(C)C(C)CO. The molecular formula is C15H24F3N3O2. The van der Waals surface area contributed by atoms with Crippen LogP contribution in [0.4, 0.5) is 13.2 Å². The lowest BCUT2D eigenvalue weighted by Crippen LogP contribution is -2.40. The summed E-state index contributed by atoms with van der Waals surface area (Å²) in [7, 11) is 0. The van der Waals surface area contributed by atoms with Gasteiger partial charge in [-0.15, -0.1) is 0 Å². The van der Waals surface area contributed by atoms with Crippen molar-refractivity contribution in [3.63, 3.8) is 0 Å². The van der Waals surface area contributed by atoms with Crippen LogP contribution in [-0.2, 0) is 11.3 Å². The van der Waals surface area contributed by atoms with E-state index in [0.717, 1.165) is 4.68 Å². The Bertz CT molecular complexity index is 555. The van der Waals surface area contributed by atoms with Crippen molar-refractivity contribution in [3.05, 3.63) is 17.0 Å². The number of rotatable bonds is 6. The highest BCUT2D eigenvalue weighted by Crippen LogP contribution is 2.26. The van der Waals surface area contributed by atoms with Crippen molar-refractivity contribution in [1.29, 1.82) is 0 Å². The molecule has 1 amide bonds. The van der Waals surface area contributed by atoms with Gasteiger partial charge >= 0.3 is 6.18 Å². The van der Waals surface area contributed by atoms with Crippen LogP contribution in [-0.4, -0.2) is 39.6 Å². The Balaban J connectivity index is 2.95. The number of aryl methyl sites for hydroxylation is 1. The molecule has 0 fully saturated rings. The average Bonchev–Trinajstić information content (AvgIpc) is 2.69. The van der Waals surface area contributed by atoms with E-state index in [1.165, 1.54) is 6.92 Å². The summed E-state index contributed by atoms with van der Waals surface area (Å²) in [5.41, 5.74) is 1.26. The first kappa shape index (κ1) is 19.5. The van der Waals surface area contributed by atoms with E-state index in [-0.39, 0.29) is 24.5 Å². The quantitative estimate of drug-likeness (QED) is 0.838. The lowest BCUT2D eigenvalue weighted by Gasteiger charge is -2.22. The second-order valence-corrected chi connectivity index (χ2v) is 6.04. The zero-order valence-electron chi connectivity index (χ0n) is 14.0. The van der Waals surface area contributed by atoms with E-state index in [0.29, 0.717) is 17.0 Å². The highest BCUT2D eigenvalue weighted by atomic mass is 19.4. The molecule has 1 aromatic heterocycles. The molecule has 0 saturated heterocycles. The Morgan fingerprint density at radius 1 is 1.30 bits per heavy atom. The van der Waals surface area contributed by atoms with Gasteiger partial charge < -0.3 is 10.4 Å². The third kappa shape index (κ3) is 4.95. The maximum absolute atomic E-state index is 12.6. The van der Waals surface area contributed by atoms with Crippen LogP contribution in [0.5, 0.6) is 0 Å². The normalized spacial score (nSPS) is 16.0. The number of aliphatic hydroxyl groups is 1. The molecule has 0 aliphatic heterocycles. The number of amides is 1. The fourth-order valence-corrected chi connectivity index (χ4v) is 2.44. The van der Waals surface area contributed by atoms with Crippen molar-refractivity contribution in [2.24, 2.45) is 5.92 Å². The summed E-state index contributed by atoms with van der Waals surface area (Å²) in [5.74, 6) is -1.03. The molecule has 1 rings (SSSR count). The second kappa shape index (κ2) is 7.33. The van der Waals surface area contributed by atoms with Gasteiger partial charge in [0.2, 0.25) is 5.91 Å². The summed E-state index contributed by atoms with van der Waals surface area (Å²) >= 11 is 0. The molecule has 0 aliphatic rings. The van der Waals surface area contributed by atoms with Gasteiger partial charge in [0.05, 0.1) is 11.6 Å². The van der Waals surface area contributed by atoms with Crippen LogP contribution >= 0.6 is 0 Å². The summed E-state index contributed by atoms with van der Waals surface area (Å²) < 4.78 is 38.6. The van der Waals surface area contributed by atoms with Crippen LogP contribution in [0, 0.1) is 19.8 Å². The van der Waals surface area contributed by atoms with Gasteiger partial charge in [0.25, 0.3) is 0 Å². The summed E-state index contributed by atoms with van der Waals surface area (Å²) in [5, 5.41) is 15.8. The Hall–Kier alpha value is -1.57. The maximum Gasteiger partial charge on any atom is 0.408 e. The first-order valence-electron chi connectivity index (χ1n) is 7.49. The van der Waals surface area contributed by atoms with Crippen molar-refractivity contribution in [2.45, 2.75) is 59.3 Å². The lowest BCUT2D eigenvalue weighted by atomic mass is 9.96. The molecule has 0 radical (unpaired) electrons. The Morgan fingerprint density at radius 2 is 1.87 bits per heavy atom. The summed E-state index contributed by atoms with van der Waals surface area (Å²) in [6.07, 6.45) is -4.36. The summed E-state index contributed by atoms with van der Waals surface area (Å²) in [6.45, 7) is 7.11. The van der Waals surface area contributed by atoms with E-state index in [9.17, 15) is 18.0 Å². The van der Waals surface area contributed by atoms with E-state index in [4.69, 9.17) is 5.11 Å². The molecule has 1 heterocycles. The number of carbonyl (C=O) groups excluding carboxylic acids is 1. The van der Waals surface area contributed by atoms with Crippen LogP contribution < -0.4 is 5.32 Å². The predicted molar refractivity (Wildman–Crippen MR) is 80.0 cm³/mol. The number of aromatic nitrogens is 2. The van der Waals surface area contributed by atoms with Crippen molar-refractivity contribution in [2.75, 3.05) is 6.61 Å². The van der Waals surface area contributed by atoms with Gasteiger partial charge in [0.15, 0.2) is 0 Å². The molecule has 0 bridgehead atoms. The van der Waals surface area contributed by atoms with Crippen LogP contribution in [0.1, 0.15) is 43.6 Å². The monoisotopic (exact) mass is 335 g/mol. The first-order valence-corrected chi connectivity index (χ1v) is 7.49. The van der Waals surface area contributed by atoms with Crippen LogP contribution in [0.2, 0.25) is 0 Å². The number of carbonyl (C=O) groups is 1. The first-order chi connectivity index (χ1) is 10.5. The van der Waals surface area contributed by atoms with Crippen molar-refractivity contribution < 1.29 is 23.1 Å². The molecule has 0 aliphatic carbocycles. The Labute approximate surface area is 133 Å². The number of halogens is 3. The van der Waals surface area contributed by atoms with Gasteiger partial charge in [0, 0.05) is 23.9 Å². The van der Waals surface area contributed by atoms with Gasteiger partial charge in [-0.05, 0) is 33.6 Å². The van der Waals surface area contributed by atoms with E-state index < -0.39 is 18.6 Å². The topological polar surface area (TPSA) is 67.2 Å². The standard InChI is InChI=1S/C15H24F3N3O2/c1-8(6-22)10(3)19-14(23)9(2)13-11(4)20-21(12(13)5)7-15(16,17)18/h8-10,22H,6-7H2,1-5H3,(H,19,23). The molecule has 3 unspecified atom stereocenters. The molecule has 0 spiro atoms. The fourth-order valence-electron chi connectivity index (χ4n) is 2.44. The predicted octanol–water partition coefficient (Wildman–Crippen LogP) is 2.30. The number of nitrogens with zero attached hydrogens (tertiary/aromatic N) is 2. The molecular weight excluding hydrogens is 311 g/mol. The van der Waals surface area contributed by atoms with Crippen molar-refractivity contribution >= 4 is 5.91 Å². The zero-order valence-corrected chi connectivity index (χ0v) is 14.0. The number of nitrogens with one attached hydrogen (secondary N) is 1. The summed E-state index contributed by atoms with van der Waals surface area (Å²) in [4.78, 5) is 12.3. The number of hydrogen-bond acceptors (Lipinski definition) is 3. The average molecular weight is 335 g/mol. The smallest absolute Gasteiger partial charge is 0.396 e. The lowest BCUT2D eigenvalue weighted by molar-refractivity contribution is -0.143. The molecule has 5 nitrogen and oxygen atoms in total. The van der Waals surface area contributed by atoms with Crippen molar-refractivity contribution in [1.82, 2.24) is 15.1 Å². The molecule has 23 heavy (non-hydrogen) atoms. The highest BCUT2D eigenvalue weighted by molar-refractivity contribution is 5.84. The van der Waals surface area contributed by atoms with Crippen LogP contribution in [0.25, 0.3) is 0 Å². The molecule has 132 valence electrons. The van der Waals surface area contributed by atoms with Gasteiger partial charge in [-0.2, -0.15) is 18.3 Å². The van der Waals surface area contributed by atoms with E-state index >= 15 is 0 Å². The highest BCUT2D eigenvalue weighted by Gasteiger charge is 2.32. The minimum atomic E-state index is -4.36. The maximum atomic E-state index is 12.6. The van der Waals surface area contributed by atoms with E-state index in [2.05, 4.69) is 10.4 Å². The number of aliphatic hydroxyl groups excluding tert-OH is 1. The second-order valence-electron chi connectivity index (χ2n) is 6.04. The number of hydrogen-bond donors (Lipinski definition) is 2. The van der Waals surface area contributed by atoms with Gasteiger partial charge in [-0.1, -0.05) is 6.92 Å². The minimum Gasteiger partial charge on any atom is -0.396 e. The zero-order chi connectivity index (χ0) is 17.9. The van der Waals surface area contributed by atoms with Crippen LogP contribution in [0.15, 0.2) is 0 Å². The number of alkyl halides is 3. The molecule has 1 aromatic rings. The molecule has 2 N–H and O–H groups in total. The Kier molecular flexibility index (Phi) is 6.21. The van der Waals surface area contributed by atoms with E-state index in [1.807, 2.05) is 0 Å². The van der Waals surface area contributed by atoms with E-state index in [1.54, 1.807) is 27.7 Å². The minimum absolute atomic E-state index is 0.0581. The van der Waals surface area contributed by atoms with Gasteiger partial charge in [-0.25, -0.2) is 0 Å². The largest absolute Gasteiger partial charge is 0.408 e. The van der Waals surface area contributed by atoms with Gasteiger partial charge in [-0.3, -0.25) is 9.48 Å².